The van der Waals surface area contributed by atoms with E-state index in [2.05, 4.69) is 10.2 Å². The van der Waals surface area contributed by atoms with Gasteiger partial charge in [-0.15, -0.1) is 0 Å². The lowest BCUT2D eigenvalue weighted by molar-refractivity contribution is -0.137. The summed E-state index contributed by atoms with van der Waals surface area (Å²) in [4.78, 5) is 4.36. The van der Waals surface area contributed by atoms with Crippen LogP contribution in [0, 0.1) is 0 Å². The van der Waals surface area contributed by atoms with Crippen molar-refractivity contribution in [3.63, 3.8) is 0 Å². The van der Waals surface area contributed by atoms with Crippen molar-refractivity contribution in [2.45, 2.75) is 26.1 Å². The Morgan fingerprint density at radius 1 is 1.18 bits per heavy atom. The Kier molecular flexibility index (Phi) is 9.82. The number of nitrogens with zero attached hydrogens (tertiary/aromatic N) is 2. The summed E-state index contributed by atoms with van der Waals surface area (Å²) in [5.74, 6) is 0.796. The summed E-state index contributed by atoms with van der Waals surface area (Å²) in [6.07, 6.45) is -3.62. The second-order valence-corrected chi connectivity index (χ2v) is 8.72. The van der Waals surface area contributed by atoms with Gasteiger partial charge >= 0.3 is 6.18 Å². The molecule has 5 nitrogen and oxygen atoms in total. The van der Waals surface area contributed by atoms with Gasteiger partial charge in [0.05, 0.1) is 30.4 Å². The van der Waals surface area contributed by atoms with Gasteiger partial charge in [-0.1, -0.05) is 23.7 Å². The molecule has 0 bridgehead atoms. The Balaban J connectivity index is 1.67. The van der Waals surface area contributed by atoms with Gasteiger partial charge in [0.1, 0.15) is 5.75 Å². The number of rotatable bonds is 9. The highest BCUT2D eigenvalue weighted by Gasteiger charge is 2.33. The predicted molar refractivity (Wildman–Crippen MR) is 133 cm³/mol. The summed E-state index contributed by atoms with van der Waals surface area (Å²) in [6, 6.07) is 11.3. The molecule has 0 spiro atoms. The first-order chi connectivity index (χ1) is 16.3. The third-order valence-electron chi connectivity index (χ3n) is 5.43. The molecule has 0 atom stereocenters. The molecule has 1 heterocycles. The Morgan fingerprint density at radius 3 is 2.50 bits per heavy atom. The molecule has 1 fully saturated rings. The van der Waals surface area contributed by atoms with Gasteiger partial charge in [0.25, 0.3) is 0 Å². The monoisotopic (exact) mass is 515 g/mol. The number of nitrogens with one attached hydrogen (secondary N) is 1. The van der Waals surface area contributed by atoms with Crippen molar-refractivity contribution in [2.75, 3.05) is 51.3 Å². The van der Waals surface area contributed by atoms with E-state index in [1.165, 1.54) is 12.1 Å². The van der Waals surface area contributed by atoms with Crippen molar-refractivity contribution in [3.05, 3.63) is 58.6 Å². The first-order valence-corrected chi connectivity index (χ1v) is 12.0. The molecule has 1 saturated heterocycles. The topological polar surface area (TPSA) is 37.0 Å². The molecule has 0 saturated carbocycles. The number of morpholine rings is 1. The van der Waals surface area contributed by atoms with Crippen LogP contribution in [0.15, 0.2) is 42.5 Å². The molecule has 0 aromatic heterocycles. The second-order valence-electron chi connectivity index (χ2n) is 7.93. The largest absolute Gasteiger partial charge is 0.494 e. The van der Waals surface area contributed by atoms with Crippen LogP contribution in [-0.2, 0) is 17.5 Å². The van der Waals surface area contributed by atoms with E-state index in [0.717, 1.165) is 56.6 Å². The highest BCUT2D eigenvalue weighted by Crippen LogP contribution is 2.35. The molecule has 0 radical (unpaired) electrons. The predicted octanol–water partition coefficient (Wildman–Crippen LogP) is 5.68. The van der Waals surface area contributed by atoms with Gasteiger partial charge in [-0.05, 0) is 61.5 Å². The summed E-state index contributed by atoms with van der Waals surface area (Å²) in [5, 5.41) is 3.10. The SMILES string of the molecule is CCOc1ccc(CN(CCCN2CCOCC2)C(=S)Nc2ccc(C(F)(F)F)c(Cl)c2)cc1. The zero-order valence-corrected chi connectivity index (χ0v) is 20.6. The smallest absolute Gasteiger partial charge is 0.417 e. The lowest BCUT2D eigenvalue weighted by Crippen LogP contribution is -2.40. The molecule has 1 N–H and O–H groups in total. The van der Waals surface area contributed by atoms with Crippen molar-refractivity contribution in [3.8, 4) is 5.75 Å². The zero-order valence-electron chi connectivity index (χ0n) is 19.0. The van der Waals surface area contributed by atoms with Crippen molar-refractivity contribution in [1.29, 1.82) is 0 Å². The highest BCUT2D eigenvalue weighted by atomic mass is 35.5. The Hall–Kier alpha value is -2.07. The number of anilines is 1. The van der Waals surface area contributed by atoms with Crippen molar-refractivity contribution < 1.29 is 22.6 Å². The summed E-state index contributed by atoms with van der Waals surface area (Å²) in [5.41, 5.74) is 0.583. The van der Waals surface area contributed by atoms with Gasteiger partial charge in [0.15, 0.2) is 5.11 Å². The van der Waals surface area contributed by atoms with Crippen molar-refractivity contribution >= 4 is 34.6 Å². The molecule has 186 valence electrons. The number of alkyl halides is 3. The van der Waals surface area contributed by atoms with E-state index < -0.39 is 11.7 Å². The van der Waals surface area contributed by atoms with Crippen molar-refractivity contribution in [1.82, 2.24) is 9.80 Å². The number of halogens is 4. The summed E-state index contributed by atoms with van der Waals surface area (Å²) in [7, 11) is 0. The van der Waals surface area contributed by atoms with Crippen LogP contribution < -0.4 is 10.1 Å². The number of hydrogen-bond donors (Lipinski definition) is 1. The fourth-order valence-electron chi connectivity index (χ4n) is 3.67. The number of thiocarbonyl (C=S) groups is 1. The molecular formula is C24H29ClF3N3O2S. The number of hydrogen-bond acceptors (Lipinski definition) is 4. The van der Waals surface area contributed by atoms with E-state index in [4.69, 9.17) is 33.3 Å². The van der Waals surface area contributed by atoms with E-state index in [-0.39, 0.29) is 5.02 Å². The third kappa shape index (κ3) is 8.01. The molecule has 1 aliphatic heterocycles. The van der Waals surface area contributed by atoms with Crippen LogP contribution in [0.2, 0.25) is 5.02 Å². The van der Waals surface area contributed by atoms with E-state index >= 15 is 0 Å². The van der Waals surface area contributed by atoms with Crippen LogP contribution in [0.4, 0.5) is 18.9 Å². The zero-order chi connectivity index (χ0) is 24.6. The fraction of sp³-hybridized carbons (Fsp3) is 0.458. The molecule has 3 rings (SSSR count). The Bertz CT molecular complexity index is 938. The lowest BCUT2D eigenvalue weighted by atomic mass is 10.2. The van der Waals surface area contributed by atoms with Gasteiger partial charge in [0, 0.05) is 38.4 Å². The molecule has 0 unspecified atom stereocenters. The van der Waals surface area contributed by atoms with Gasteiger partial charge in [-0.3, -0.25) is 4.90 Å². The summed E-state index contributed by atoms with van der Waals surface area (Å²) < 4.78 is 50.0. The second kappa shape index (κ2) is 12.6. The molecule has 2 aromatic carbocycles. The maximum Gasteiger partial charge on any atom is 0.417 e. The van der Waals surface area contributed by atoms with E-state index in [1.807, 2.05) is 36.1 Å². The van der Waals surface area contributed by atoms with E-state index in [0.29, 0.717) is 30.5 Å². The molecule has 0 amide bonds. The first-order valence-electron chi connectivity index (χ1n) is 11.2. The van der Waals surface area contributed by atoms with E-state index in [9.17, 15) is 13.2 Å². The number of ether oxygens (including phenoxy) is 2. The van der Waals surface area contributed by atoms with Gasteiger partial charge in [0.2, 0.25) is 0 Å². The van der Waals surface area contributed by atoms with Crippen LogP contribution in [0.5, 0.6) is 5.75 Å². The van der Waals surface area contributed by atoms with Gasteiger partial charge in [-0.25, -0.2) is 0 Å². The molecule has 1 aliphatic rings. The van der Waals surface area contributed by atoms with Crippen molar-refractivity contribution in [2.24, 2.45) is 0 Å². The molecule has 10 heteroatoms. The molecule has 0 aliphatic carbocycles. The normalized spacial score (nSPS) is 14.6. The minimum absolute atomic E-state index is 0.370. The summed E-state index contributed by atoms with van der Waals surface area (Å²) >= 11 is 11.5. The maximum absolute atomic E-state index is 13.0. The molecule has 34 heavy (non-hydrogen) atoms. The molecular weight excluding hydrogens is 487 g/mol. The van der Waals surface area contributed by atoms with Crippen LogP contribution in [0.25, 0.3) is 0 Å². The van der Waals surface area contributed by atoms with Crippen LogP contribution in [-0.4, -0.2) is 60.9 Å². The summed E-state index contributed by atoms with van der Waals surface area (Å²) in [6.45, 7) is 7.98. The number of benzene rings is 2. The van der Waals surface area contributed by atoms with Gasteiger partial charge < -0.3 is 19.7 Å². The quantitative estimate of drug-likeness (QED) is 0.433. The molecule has 2 aromatic rings. The minimum Gasteiger partial charge on any atom is -0.494 e. The fourth-order valence-corrected chi connectivity index (χ4v) is 4.23. The first kappa shape index (κ1) is 26.5. The highest BCUT2D eigenvalue weighted by molar-refractivity contribution is 7.80. The standard InChI is InChI=1S/C24H29ClF3N3O2S/c1-2-33-20-7-4-18(5-8-20)17-31(11-3-10-30-12-14-32-15-13-30)23(34)29-19-6-9-21(22(25)16-19)24(26,27)28/h4-9,16H,2-3,10-15,17H2,1H3,(H,29,34). The Morgan fingerprint density at radius 2 is 1.88 bits per heavy atom. The van der Waals surface area contributed by atoms with Crippen LogP contribution >= 0.6 is 23.8 Å². The average Bonchev–Trinajstić information content (AvgIpc) is 2.79. The van der Waals surface area contributed by atoms with E-state index in [1.54, 1.807) is 0 Å². The maximum atomic E-state index is 13.0. The van der Waals surface area contributed by atoms with Gasteiger partial charge in [-0.2, -0.15) is 13.2 Å². The Labute approximate surface area is 208 Å². The lowest BCUT2D eigenvalue weighted by Gasteiger charge is -2.30. The van der Waals surface area contributed by atoms with Crippen LogP contribution in [0.1, 0.15) is 24.5 Å². The van der Waals surface area contributed by atoms with Crippen LogP contribution in [0.3, 0.4) is 0 Å². The minimum atomic E-state index is -4.50. The average molecular weight is 516 g/mol. The third-order valence-corrected chi connectivity index (χ3v) is 6.10.